The number of fused-ring (bicyclic) bond motifs is 2. The molecule has 2 aliphatic heterocycles. The minimum absolute atomic E-state index is 0.0788. The summed E-state index contributed by atoms with van der Waals surface area (Å²) in [7, 11) is -3.62. The zero-order valence-electron chi connectivity index (χ0n) is 21.5. The number of para-hydroxylation sites is 1. The first-order chi connectivity index (χ1) is 18.9. The van der Waals surface area contributed by atoms with Crippen molar-refractivity contribution in [3.05, 3.63) is 72.8 Å². The topological polar surface area (TPSA) is 120 Å². The fourth-order valence-electron chi connectivity index (χ4n) is 5.29. The molecule has 0 bridgehead atoms. The van der Waals surface area contributed by atoms with Gasteiger partial charge in [0.25, 0.3) is 0 Å². The molecule has 2 aromatic carbocycles. The van der Waals surface area contributed by atoms with Gasteiger partial charge in [-0.2, -0.15) is 4.31 Å². The smallest absolute Gasteiger partial charge is 0.243 e. The maximum atomic E-state index is 13.3. The highest BCUT2D eigenvalue weighted by atomic mass is 32.2. The number of carbonyl (C=O) groups is 1. The van der Waals surface area contributed by atoms with E-state index in [-0.39, 0.29) is 23.3 Å². The lowest BCUT2D eigenvalue weighted by Crippen LogP contribution is -2.50. The molecule has 6 rings (SSSR count). The zero-order valence-corrected chi connectivity index (χ0v) is 22.4. The van der Waals surface area contributed by atoms with Gasteiger partial charge in [-0.15, -0.1) is 0 Å². The first kappa shape index (κ1) is 25.4. The quantitative estimate of drug-likeness (QED) is 0.365. The number of amides is 1. The fraction of sp³-hybridized carbons (Fsp3) is 0.286. The monoisotopic (exact) mass is 543 g/mol. The molecule has 0 unspecified atom stereocenters. The molecule has 11 heteroatoms. The van der Waals surface area contributed by atoms with E-state index in [0.717, 1.165) is 40.0 Å². The Morgan fingerprint density at radius 1 is 1.05 bits per heavy atom. The number of pyridine rings is 1. The van der Waals surface area contributed by atoms with Gasteiger partial charge in [-0.1, -0.05) is 18.2 Å². The van der Waals surface area contributed by atoms with Crippen LogP contribution in [0.5, 0.6) is 0 Å². The second-order valence-electron chi connectivity index (χ2n) is 9.96. The van der Waals surface area contributed by atoms with Crippen molar-refractivity contribution in [2.75, 3.05) is 43.4 Å². The zero-order chi connectivity index (χ0) is 27.0. The van der Waals surface area contributed by atoms with E-state index in [1.807, 2.05) is 36.5 Å². The minimum Gasteiger partial charge on any atom is -0.366 e. The van der Waals surface area contributed by atoms with Crippen LogP contribution in [0.25, 0.3) is 22.0 Å². The first-order valence-electron chi connectivity index (χ1n) is 12.9. The lowest BCUT2D eigenvalue weighted by Gasteiger charge is -2.35. The maximum absolute atomic E-state index is 13.3. The van der Waals surface area contributed by atoms with Gasteiger partial charge >= 0.3 is 0 Å². The summed E-state index contributed by atoms with van der Waals surface area (Å²) in [5.41, 5.74) is 4.28. The number of sulfonamides is 1. The average Bonchev–Trinajstić information content (AvgIpc) is 3.33. The van der Waals surface area contributed by atoms with Crippen molar-refractivity contribution in [1.29, 1.82) is 0 Å². The van der Waals surface area contributed by atoms with E-state index >= 15 is 0 Å². The van der Waals surface area contributed by atoms with Gasteiger partial charge in [0.05, 0.1) is 16.8 Å². The molecule has 0 saturated carbocycles. The van der Waals surface area contributed by atoms with Crippen LogP contribution in [0.1, 0.15) is 12.5 Å². The van der Waals surface area contributed by atoms with Crippen molar-refractivity contribution >= 4 is 38.3 Å². The summed E-state index contributed by atoms with van der Waals surface area (Å²) < 4.78 is 28.1. The highest BCUT2D eigenvalue weighted by Gasteiger charge is 2.30. The summed E-state index contributed by atoms with van der Waals surface area (Å²) >= 11 is 0. The Balaban J connectivity index is 1.10. The SMILES string of the molecule is C[C@@H](CN1CCN(S(=O)(=O)c2ccc3c(c2)CC(=O)N3)CC1)Nc1ncnc2c(-c3cccnc3)cccc12. The molecule has 2 aliphatic rings. The Bertz CT molecular complexity index is 1640. The predicted molar refractivity (Wildman–Crippen MR) is 150 cm³/mol. The molecule has 10 nitrogen and oxygen atoms in total. The van der Waals surface area contributed by atoms with Gasteiger partial charge in [0.15, 0.2) is 0 Å². The van der Waals surface area contributed by atoms with Crippen LogP contribution in [0.3, 0.4) is 0 Å². The molecule has 4 aromatic rings. The molecule has 0 aliphatic carbocycles. The third kappa shape index (κ3) is 5.08. The molecule has 1 amide bonds. The molecule has 2 N–H and O–H groups in total. The van der Waals surface area contributed by atoms with Gasteiger partial charge < -0.3 is 10.6 Å². The molecule has 0 radical (unpaired) electrons. The van der Waals surface area contributed by atoms with Crippen molar-refractivity contribution in [2.45, 2.75) is 24.3 Å². The van der Waals surface area contributed by atoms with Crippen LogP contribution < -0.4 is 10.6 Å². The van der Waals surface area contributed by atoms with Crippen LogP contribution in [0.15, 0.2) is 72.1 Å². The van der Waals surface area contributed by atoms with Crippen molar-refractivity contribution in [2.24, 2.45) is 0 Å². The van der Waals surface area contributed by atoms with Crippen LogP contribution >= 0.6 is 0 Å². The number of nitrogens with one attached hydrogen (secondary N) is 2. The van der Waals surface area contributed by atoms with Crippen molar-refractivity contribution in [1.82, 2.24) is 24.2 Å². The maximum Gasteiger partial charge on any atom is 0.243 e. The Morgan fingerprint density at radius 3 is 2.69 bits per heavy atom. The van der Waals surface area contributed by atoms with Gasteiger partial charge in [0, 0.05) is 73.4 Å². The molecule has 4 heterocycles. The average molecular weight is 544 g/mol. The fourth-order valence-corrected chi connectivity index (χ4v) is 6.76. The number of nitrogens with zero attached hydrogens (tertiary/aromatic N) is 5. The molecule has 200 valence electrons. The summed E-state index contributed by atoms with van der Waals surface area (Å²) in [6, 6.07) is 14.9. The first-order valence-corrected chi connectivity index (χ1v) is 14.4. The minimum atomic E-state index is -3.62. The van der Waals surface area contributed by atoms with Crippen LogP contribution in [0.2, 0.25) is 0 Å². The number of rotatable bonds is 7. The number of hydrogen-bond acceptors (Lipinski definition) is 8. The number of benzene rings is 2. The van der Waals surface area contributed by atoms with E-state index in [1.54, 1.807) is 30.7 Å². The van der Waals surface area contributed by atoms with Crippen LogP contribution in [-0.2, 0) is 21.2 Å². The third-order valence-corrected chi connectivity index (χ3v) is 9.12. The Labute approximate surface area is 227 Å². The summed E-state index contributed by atoms with van der Waals surface area (Å²) in [5.74, 6) is 0.656. The number of aromatic nitrogens is 3. The normalized spacial score (nSPS) is 17.1. The largest absolute Gasteiger partial charge is 0.366 e. The van der Waals surface area contributed by atoms with E-state index in [0.29, 0.717) is 31.9 Å². The summed E-state index contributed by atoms with van der Waals surface area (Å²) in [6.07, 6.45) is 5.37. The standard InChI is InChI=1S/C28H29N7O3S/c1-19(32-28-24-6-2-5-23(27(24)30-18-31-28)20-4-3-9-29-16-20)17-34-10-12-35(13-11-34)39(37,38)22-7-8-25-21(14-22)15-26(36)33-25/h2-9,14,16,18-19H,10-13,15,17H2,1H3,(H,33,36)(H,30,31,32)/t19-/m0/s1. The Kier molecular flexibility index (Phi) is 6.71. The summed E-state index contributed by atoms with van der Waals surface area (Å²) in [4.78, 5) is 27.4. The molecule has 39 heavy (non-hydrogen) atoms. The van der Waals surface area contributed by atoms with Gasteiger partial charge in [-0.25, -0.2) is 18.4 Å². The lowest BCUT2D eigenvalue weighted by atomic mass is 10.0. The van der Waals surface area contributed by atoms with Gasteiger partial charge in [-0.3, -0.25) is 14.7 Å². The van der Waals surface area contributed by atoms with Crippen molar-refractivity contribution < 1.29 is 13.2 Å². The third-order valence-electron chi connectivity index (χ3n) is 7.22. The summed E-state index contributed by atoms with van der Waals surface area (Å²) in [5, 5.41) is 7.22. The predicted octanol–water partition coefficient (Wildman–Crippen LogP) is 2.99. The van der Waals surface area contributed by atoms with E-state index in [1.165, 1.54) is 4.31 Å². The highest BCUT2D eigenvalue weighted by Crippen LogP contribution is 2.30. The van der Waals surface area contributed by atoms with Gasteiger partial charge in [-0.05, 0) is 42.8 Å². The Hall–Kier alpha value is -3.93. The van der Waals surface area contributed by atoms with E-state index in [4.69, 9.17) is 0 Å². The van der Waals surface area contributed by atoms with Gasteiger partial charge in [0.2, 0.25) is 15.9 Å². The number of anilines is 2. The Morgan fingerprint density at radius 2 is 1.90 bits per heavy atom. The van der Waals surface area contributed by atoms with Crippen molar-refractivity contribution in [3.63, 3.8) is 0 Å². The number of piperazine rings is 1. The number of carbonyl (C=O) groups excluding carboxylic acids is 1. The number of hydrogen-bond donors (Lipinski definition) is 2. The molecular weight excluding hydrogens is 514 g/mol. The molecule has 2 aromatic heterocycles. The van der Waals surface area contributed by atoms with E-state index in [9.17, 15) is 13.2 Å². The highest BCUT2D eigenvalue weighted by molar-refractivity contribution is 7.89. The van der Waals surface area contributed by atoms with E-state index < -0.39 is 10.0 Å². The van der Waals surface area contributed by atoms with Crippen LogP contribution in [0, 0.1) is 0 Å². The van der Waals surface area contributed by atoms with Crippen LogP contribution in [-0.4, -0.2) is 77.2 Å². The molecule has 1 fully saturated rings. The summed E-state index contributed by atoms with van der Waals surface area (Å²) in [6.45, 7) is 4.93. The molecule has 0 spiro atoms. The second kappa shape index (κ2) is 10.3. The van der Waals surface area contributed by atoms with E-state index in [2.05, 4.69) is 37.4 Å². The van der Waals surface area contributed by atoms with Crippen LogP contribution in [0.4, 0.5) is 11.5 Å². The second-order valence-corrected chi connectivity index (χ2v) is 11.9. The van der Waals surface area contributed by atoms with Crippen molar-refractivity contribution in [3.8, 4) is 11.1 Å². The lowest BCUT2D eigenvalue weighted by molar-refractivity contribution is -0.115. The molecule has 1 saturated heterocycles. The molecule has 1 atom stereocenters. The molecular formula is C28H29N7O3S. The van der Waals surface area contributed by atoms with Gasteiger partial charge in [0.1, 0.15) is 12.1 Å².